The highest BCUT2D eigenvalue weighted by atomic mass is 16.3. The maximum absolute atomic E-state index is 5.89. The molecule has 0 fully saturated rings. The van der Waals surface area contributed by atoms with Crippen LogP contribution in [0.3, 0.4) is 0 Å². The lowest BCUT2D eigenvalue weighted by molar-refractivity contribution is 0.669. The fraction of sp³-hybridized carbons (Fsp3) is 0.100. The number of allylic oxidation sites excluding steroid dienone is 4. The fourth-order valence-electron chi connectivity index (χ4n) is 2.65. The third-order valence-corrected chi connectivity index (χ3v) is 3.72. The SMILES string of the molecule is C(#Cc1ccc2c(c1)oc1ccccc12)C1=CCCC=C1. The van der Waals surface area contributed by atoms with E-state index in [9.17, 15) is 0 Å². The molecule has 1 aromatic heterocycles. The van der Waals surface area contributed by atoms with Crippen LogP contribution in [0.2, 0.25) is 0 Å². The van der Waals surface area contributed by atoms with Crippen molar-refractivity contribution in [2.24, 2.45) is 0 Å². The quantitative estimate of drug-likeness (QED) is 0.511. The number of fused-ring (bicyclic) bond motifs is 3. The molecule has 2 aromatic carbocycles. The first-order chi connectivity index (χ1) is 10.4. The molecule has 21 heavy (non-hydrogen) atoms. The van der Waals surface area contributed by atoms with Gasteiger partial charge in [0.15, 0.2) is 0 Å². The van der Waals surface area contributed by atoms with E-state index >= 15 is 0 Å². The Morgan fingerprint density at radius 1 is 0.857 bits per heavy atom. The Kier molecular flexibility index (Phi) is 2.87. The van der Waals surface area contributed by atoms with Gasteiger partial charge in [0.25, 0.3) is 0 Å². The molecule has 0 aliphatic heterocycles. The Balaban J connectivity index is 1.77. The van der Waals surface area contributed by atoms with Crippen molar-refractivity contribution in [1.29, 1.82) is 0 Å². The Bertz CT molecular complexity index is 942. The van der Waals surface area contributed by atoms with Crippen LogP contribution in [0.4, 0.5) is 0 Å². The smallest absolute Gasteiger partial charge is 0.136 e. The molecule has 0 bridgehead atoms. The van der Waals surface area contributed by atoms with E-state index in [2.05, 4.69) is 48.3 Å². The minimum absolute atomic E-state index is 0.899. The van der Waals surface area contributed by atoms with Crippen LogP contribution < -0.4 is 0 Å². The molecule has 0 saturated heterocycles. The normalized spacial score (nSPS) is 14.0. The van der Waals surface area contributed by atoms with Crippen molar-refractivity contribution in [1.82, 2.24) is 0 Å². The molecule has 100 valence electrons. The number of para-hydroxylation sites is 1. The lowest BCUT2D eigenvalue weighted by atomic mass is 10.1. The van der Waals surface area contributed by atoms with E-state index in [0.29, 0.717) is 0 Å². The maximum Gasteiger partial charge on any atom is 0.136 e. The molecular formula is C20H14O. The summed E-state index contributed by atoms with van der Waals surface area (Å²) in [4.78, 5) is 0. The van der Waals surface area contributed by atoms with E-state index in [4.69, 9.17) is 4.42 Å². The average molecular weight is 270 g/mol. The molecule has 1 nitrogen and oxygen atoms in total. The highest BCUT2D eigenvalue weighted by Gasteiger charge is 2.05. The predicted octanol–water partition coefficient (Wildman–Crippen LogP) is 5.21. The van der Waals surface area contributed by atoms with Gasteiger partial charge in [-0.25, -0.2) is 0 Å². The van der Waals surface area contributed by atoms with Crippen molar-refractivity contribution in [3.63, 3.8) is 0 Å². The molecule has 0 saturated carbocycles. The van der Waals surface area contributed by atoms with Crippen LogP contribution in [0.25, 0.3) is 21.9 Å². The first-order valence-corrected chi connectivity index (χ1v) is 7.20. The van der Waals surface area contributed by atoms with Crippen molar-refractivity contribution >= 4 is 21.9 Å². The summed E-state index contributed by atoms with van der Waals surface area (Å²) in [5.74, 6) is 6.44. The summed E-state index contributed by atoms with van der Waals surface area (Å²) in [5.41, 5.74) is 3.92. The van der Waals surface area contributed by atoms with E-state index in [1.165, 1.54) is 0 Å². The first kappa shape index (κ1) is 12.1. The lowest BCUT2D eigenvalue weighted by Gasteiger charge is -1.97. The van der Waals surface area contributed by atoms with Crippen molar-refractivity contribution in [2.75, 3.05) is 0 Å². The lowest BCUT2D eigenvalue weighted by Crippen LogP contribution is -1.81. The second kappa shape index (κ2) is 5.00. The monoisotopic (exact) mass is 270 g/mol. The van der Waals surface area contributed by atoms with Crippen molar-refractivity contribution in [3.8, 4) is 11.8 Å². The van der Waals surface area contributed by atoms with Crippen LogP contribution in [0.1, 0.15) is 18.4 Å². The van der Waals surface area contributed by atoms with E-state index in [0.717, 1.165) is 45.9 Å². The van der Waals surface area contributed by atoms with Gasteiger partial charge in [-0.05, 0) is 37.1 Å². The molecular weight excluding hydrogens is 256 g/mol. The van der Waals surface area contributed by atoms with Crippen molar-refractivity contribution < 1.29 is 4.42 Å². The number of benzene rings is 2. The zero-order valence-electron chi connectivity index (χ0n) is 11.6. The van der Waals surface area contributed by atoms with Crippen LogP contribution >= 0.6 is 0 Å². The minimum Gasteiger partial charge on any atom is -0.456 e. The van der Waals surface area contributed by atoms with E-state index in [1.807, 2.05) is 24.3 Å². The maximum atomic E-state index is 5.89. The van der Waals surface area contributed by atoms with Crippen LogP contribution in [-0.4, -0.2) is 0 Å². The molecule has 0 atom stereocenters. The molecule has 0 spiro atoms. The Labute approximate surface area is 123 Å². The summed E-state index contributed by atoms with van der Waals surface area (Å²) >= 11 is 0. The summed E-state index contributed by atoms with van der Waals surface area (Å²) in [6.45, 7) is 0. The molecule has 0 amide bonds. The zero-order chi connectivity index (χ0) is 14.1. The summed E-state index contributed by atoms with van der Waals surface area (Å²) in [7, 11) is 0. The fourth-order valence-corrected chi connectivity index (χ4v) is 2.65. The highest BCUT2D eigenvalue weighted by Crippen LogP contribution is 2.28. The van der Waals surface area contributed by atoms with Crippen LogP contribution in [-0.2, 0) is 0 Å². The van der Waals surface area contributed by atoms with E-state index in [-0.39, 0.29) is 0 Å². The molecule has 0 N–H and O–H groups in total. The largest absolute Gasteiger partial charge is 0.456 e. The van der Waals surface area contributed by atoms with Crippen LogP contribution in [0.5, 0.6) is 0 Å². The predicted molar refractivity (Wildman–Crippen MR) is 87.1 cm³/mol. The number of furan rings is 1. The van der Waals surface area contributed by atoms with Gasteiger partial charge in [0.2, 0.25) is 0 Å². The number of rotatable bonds is 0. The van der Waals surface area contributed by atoms with Gasteiger partial charge in [0.05, 0.1) is 0 Å². The van der Waals surface area contributed by atoms with Gasteiger partial charge in [-0.3, -0.25) is 0 Å². The topological polar surface area (TPSA) is 13.1 Å². The van der Waals surface area contributed by atoms with Gasteiger partial charge < -0.3 is 4.42 Å². The summed E-state index contributed by atoms with van der Waals surface area (Å²) in [6, 6.07) is 14.3. The third kappa shape index (κ3) is 2.26. The molecule has 1 aliphatic rings. The van der Waals surface area contributed by atoms with Gasteiger partial charge in [-0.1, -0.05) is 48.3 Å². The number of hydrogen-bond donors (Lipinski definition) is 0. The summed E-state index contributed by atoms with van der Waals surface area (Å²) in [5, 5.41) is 2.30. The standard InChI is InChI=1S/C20H14O/c1-2-6-15(7-3-1)10-11-16-12-13-18-17-8-4-5-9-19(17)21-20(18)14-16/h2,4-9,12-14H,1,3H2. The Morgan fingerprint density at radius 2 is 1.76 bits per heavy atom. The van der Waals surface area contributed by atoms with Gasteiger partial charge in [0.1, 0.15) is 11.2 Å². The van der Waals surface area contributed by atoms with Gasteiger partial charge >= 0.3 is 0 Å². The van der Waals surface area contributed by atoms with Crippen LogP contribution in [0, 0.1) is 11.8 Å². The summed E-state index contributed by atoms with van der Waals surface area (Å²) < 4.78 is 5.89. The van der Waals surface area contributed by atoms with Crippen molar-refractivity contribution in [3.05, 3.63) is 71.8 Å². The molecule has 1 heteroatoms. The molecule has 0 unspecified atom stereocenters. The van der Waals surface area contributed by atoms with E-state index in [1.54, 1.807) is 0 Å². The van der Waals surface area contributed by atoms with Crippen molar-refractivity contribution in [2.45, 2.75) is 12.8 Å². The van der Waals surface area contributed by atoms with E-state index < -0.39 is 0 Å². The third-order valence-electron chi connectivity index (χ3n) is 3.72. The Hall–Kier alpha value is -2.72. The second-order valence-corrected chi connectivity index (χ2v) is 5.20. The average Bonchev–Trinajstić information content (AvgIpc) is 2.91. The zero-order valence-corrected chi connectivity index (χ0v) is 11.6. The highest BCUT2D eigenvalue weighted by molar-refractivity contribution is 6.05. The first-order valence-electron chi connectivity index (χ1n) is 7.20. The van der Waals surface area contributed by atoms with Gasteiger partial charge in [0, 0.05) is 21.9 Å². The Morgan fingerprint density at radius 3 is 2.67 bits per heavy atom. The number of hydrogen-bond acceptors (Lipinski definition) is 1. The summed E-state index contributed by atoms with van der Waals surface area (Å²) in [6.07, 6.45) is 8.66. The van der Waals surface area contributed by atoms with Crippen LogP contribution in [0.15, 0.2) is 70.7 Å². The second-order valence-electron chi connectivity index (χ2n) is 5.20. The minimum atomic E-state index is 0.899. The molecule has 4 rings (SSSR count). The van der Waals surface area contributed by atoms with Gasteiger partial charge in [-0.15, -0.1) is 0 Å². The molecule has 1 heterocycles. The van der Waals surface area contributed by atoms with Gasteiger partial charge in [-0.2, -0.15) is 0 Å². The molecule has 3 aromatic rings. The molecule has 0 radical (unpaired) electrons. The molecule has 1 aliphatic carbocycles.